The summed E-state index contributed by atoms with van der Waals surface area (Å²) in [4.78, 5) is 23.2. The Balaban J connectivity index is 2.26. The molecule has 0 atom stereocenters. The predicted octanol–water partition coefficient (Wildman–Crippen LogP) is 0.581. The number of carbonyl (C=O) groups is 2. The van der Waals surface area contributed by atoms with Gasteiger partial charge in [-0.05, 0) is 42.5 Å². The van der Waals surface area contributed by atoms with Crippen LogP contribution in [0.25, 0.3) is 0 Å². The van der Waals surface area contributed by atoms with E-state index in [1.807, 2.05) is 0 Å². The minimum Gasteiger partial charge on any atom is -0.733 e. The molecular weight excluding hydrogens is 322 g/mol. The Bertz CT molecular complexity index is 759. The number of hydrogen-bond acceptors (Lipinski definition) is 9. The van der Waals surface area contributed by atoms with E-state index in [0.29, 0.717) is 0 Å². The third-order valence-corrected chi connectivity index (χ3v) is 3.05. The van der Waals surface area contributed by atoms with Crippen LogP contribution in [0.15, 0.2) is 42.5 Å². The summed E-state index contributed by atoms with van der Waals surface area (Å²) < 4.78 is 0. The smallest absolute Gasteiger partial charge is 0.255 e. The summed E-state index contributed by atoms with van der Waals surface area (Å²) in [5.74, 6) is -2.33. The SMILES string of the molecule is O=C(Nc1ccc(N([O-])O)cc1C(=O)[O-])c1ccc(N(O)O)cc1. The zero-order valence-corrected chi connectivity index (χ0v) is 11.9. The number of anilines is 3. The van der Waals surface area contributed by atoms with Crippen molar-refractivity contribution in [2.75, 3.05) is 15.8 Å². The summed E-state index contributed by atoms with van der Waals surface area (Å²) in [6.07, 6.45) is 0. The van der Waals surface area contributed by atoms with E-state index in [4.69, 9.17) is 15.6 Å². The van der Waals surface area contributed by atoms with E-state index in [1.54, 1.807) is 0 Å². The van der Waals surface area contributed by atoms with Crippen molar-refractivity contribution in [3.63, 3.8) is 0 Å². The molecule has 10 heteroatoms. The summed E-state index contributed by atoms with van der Waals surface area (Å²) in [5, 5.41) is 50.0. The molecule has 0 fully saturated rings. The number of nitrogens with one attached hydrogen (secondary N) is 1. The highest BCUT2D eigenvalue weighted by Crippen LogP contribution is 2.23. The fraction of sp³-hybridized carbons (Fsp3) is 0. The number of aromatic carboxylic acids is 1. The maximum Gasteiger partial charge on any atom is 0.255 e. The Morgan fingerprint density at radius 2 is 1.54 bits per heavy atom. The average Bonchev–Trinajstić information content (AvgIpc) is 2.54. The third kappa shape index (κ3) is 3.77. The van der Waals surface area contributed by atoms with E-state index >= 15 is 0 Å². The molecule has 0 unspecified atom stereocenters. The van der Waals surface area contributed by atoms with Crippen LogP contribution in [-0.2, 0) is 0 Å². The van der Waals surface area contributed by atoms with Gasteiger partial charge in [-0.15, -0.1) is 5.23 Å². The van der Waals surface area contributed by atoms with Crippen molar-refractivity contribution in [1.82, 2.24) is 0 Å². The second kappa shape index (κ2) is 6.93. The van der Waals surface area contributed by atoms with Gasteiger partial charge in [0, 0.05) is 11.1 Å². The molecule has 10 nitrogen and oxygen atoms in total. The van der Waals surface area contributed by atoms with Gasteiger partial charge in [0.2, 0.25) is 0 Å². The van der Waals surface area contributed by atoms with Crippen LogP contribution in [-0.4, -0.2) is 27.5 Å². The Morgan fingerprint density at radius 1 is 0.958 bits per heavy atom. The van der Waals surface area contributed by atoms with Gasteiger partial charge in [0.1, 0.15) is 0 Å². The summed E-state index contributed by atoms with van der Waals surface area (Å²) in [7, 11) is 0. The largest absolute Gasteiger partial charge is 0.733 e. The molecule has 126 valence electrons. The van der Waals surface area contributed by atoms with Gasteiger partial charge in [-0.3, -0.25) is 20.4 Å². The van der Waals surface area contributed by atoms with Gasteiger partial charge in [0.15, 0.2) is 0 Å². The average molecular weight is 333 g/mol. The van der Waals surface area contributed by atoms with Crippen molar-refractivity contribution in [2.45, 2.75) is 0 Å². The first-order chi connectivity index (χ1) is 11.3. The number of benzene rings is 2. The molecule has 2 aromatic carbocycles. The molecule has 0 saturated carbocycles. The fourth-order valence-electron chi connectivity index (χ4n) is 1.87. The van der Waals surface area contributed by atoms with Crippen LogP contribution >= 0.6 is 0 Å². The highest BCUT2D eigenvalue weighted by Gasteiger charge is 2.12. The zero-order valence-electron chi connectivity index (χ0n) is 11.9. The molecule has 0 heterocycles. The summed E-state index contributed by atoms with van der Waals surface area (Å²) in [5.41, 5.74) is -0.848. The minimum atomic E-state index is -1.65. The number of carboxylic acid groups (broad SMARTS) is 1. The van der Waals surface area contributed by atoms with E-state index in [0.717, 1.165) is 18.2 Å². The van der Waals surface area contributed by atoms with Crippen LogP contribution in [0, 0.1) is 5.21 Å². The first kappa shape index (κ1) is 17.2. The number of hydrogen-bond donors (Lipinski definition) is 4. The van der Waals surface area contributed by atoms with Crippen LogP contribution in [0.3, 0.4) is 0 Å². The highest BCUT2D eigenvalue weighted by molar-refractivity contribution is 6.07. The topological polar surface area (TPSA) is 159 Å². The van der Waals surface area contributed by atoms with Crippen molar-refractivity contribution in [3.8, 4) is 0 Å². The first-order valence-electron chi connectivity index (χ1n) is 6.40. The standard InChI is InChI=1S/C14H12N3O7/c18-13(8-1-3-9(4-2-8)16(21)22)15-12-6-5-10(17(23)24)7-11(12)14(19)20/h1-7,21-23H,(H,15,18)(H,19,20)/q-1/p-1. The molecule has 0 aliphatic heterocycles. The Hall–Kier alpha value is -3.18. The van der Waals surface area contributed by atoms with Crippen LogP contribution < -0.4 is 20.9 Å². The van der Waals surface area contributed by atoms with Gasteiger partial charge in [0.25, 0.3) is 5.91 Å². The maximum atomic E-state index is 12.1. The van der Waals surface area contributed by atoms with Crippen LogP contribution in [0.5, 0.6) is 0 Å². The van der Waals surface area contributed by atoms with Gasteiger partial charge in [-0.25, -0.2) is 0 Å². The monoisotopic (exact) mass is 333 g/mol. The van der Waals surface area contributed by atoms with Crippen molar-refractivity contribution < 1.29 is 30.3 Å². The number of carboxylic acids is 1. The van der Waals surface area contributed by atoms with Gasteiger partial charge in [0.05, 0.1) is 23.0 Å². The number of amides is 1. The van der Waals surface area contributed by atoms with Crippen molar-refractivity contribution in [3.05, 3.63) is 58.8 Å². The lowest BCUT2D eigenvalue weighted by molar-refractivity contribution is -0.254. The Morgan fingerprint density at radius 3 is 2.04 bits per heavy atom. The molecule has 0 aliphatic carbocycles. The maximum absolute atomic E-state index is 12.1. The third-order valence-electron chi connectivity index (χ3n) is 3.05. The Labute approximate surface area is 134 Å². The number of carbonyl (C=O) groups excluding carboxylic acids is 2. The number of rotatable bonds is 5. The van der Waals surface area contributed by atoms with E-state index in [1.165, 1.54) is 24.3 Å². The van der Waals surface area contributed by atoms with E-state index in [9.17, 15) is 19.9 Å². The van der Waals surface area contributed by atoms with E-state index in [2.05, 4.69) is 5.32 Å². The molecule has 0 aliphatic rings. The number of nitrogens with zero attached hydrogens (tertiary/aromatic N) is 2. The lowest BCUT2D eigenvalue weighted by atomic mass is 10.1. The molecule has 0 radical (unpaired) electrons. The summed E-state index contributed by atoms with van der Waals surface area (Å²) >= 11 is 0. The first-order valence-corrected chi connectivity index (χ1v) is 6.40. The van der Waals surface area contributed by atoms with Crippen LogP contribution in [0.1, 0.15) is 20.7 Å². The lowest BCUT2D eigenvalue weighted by Crippen LogP contribution is -2.25. The predicted molar refractivity (Wildman–Crippen MR) is 78.9 cm³/mol. The lowest BCUT2D eigenvalue weighted by Gasteiger charge is -2.23. The molecule has 1 amide bonds. The zero-order chi connectivity index (χ0) is 17.9. The second-order valence-electron chi connectivity index (χ2n) is 4.58. The molecule has 0 bridgehead atoms. The molecule has 0 aromatic heterocycles. The van der Waals surface area contributed by atoms with Gasteiger partial charge in [-0.1, -0.05) is 0 Å². The van der Waals surface area contributed by atoms with E-state index < -0.39 is 22.7 Å². The van der Waals surface area contributed by atoms with Crippen LogP contribution in [0.2, 0.25) is 0 Å². The minimum absolute atomic E-state index is 0.0183. The van der Waals surface area contributed by atoms with Gasteiger partial charge in [-0.2, -0.15) is 0 Å². The van der Waals surface area contributed by atoms with E-state index in [-0.39, 0.29) is 27.9 Å². The summed E-state index contributed by atoms with van der Waals surface area (Å²) in [6.45, 7) is 0. The fourth-order valence-corrected chi connectivity index (χ4v) is 1.87. The normalized spacial score (nSPS) is 10.2. The summed E-state index contributed by atoms with van der Waals surface area (Å²) in [6, 6.07) is 8.13. The van der Waals surface area contributed by atoms with Crippen molar-refractivity contribution >= 4 is 28.9 Å². The molecule has 0 saturated heterocycles. The molecule has 4 N–H and O–H groups in total. The quantitative estimate of drug-likeness (QED) is 0.574. The second-order valence-corrected chi connectivity index (χ2v) is 4.58. The van der Waals surface area contributed by atoms with Crippen molar-refractivity contribution in [2.24, 2.45) is 0 Å². The van der Waals surface area contributed by atoms with Gasteiger partial charge < -0.3 is 25.7 Å². The van der Waals surface area contributed by atoms with Crippen molar-refractivity contribution in [1.29, 1.82) is 0 Å². The molecular formula is C14H11N3O7-2. The molecule has 2 aromatic rings. The molecule has 24 heavy (non-hydrogen) atoms. The molecule has 2 rings (SSSR count). The van der Waals surface area contributed by atoms with Gasteiger partial charge >= 0.3 is 0 Å². The van der Waals surface area contributed by atoms with Crippen LogP contribution in [0.4, 0.5) is 17.1 Å². The molecule has 0 spiro atoms. The highest BCUT2D eigenvalue weighted by atomic mass is 16.8. The Kier molecular flexibility index (Phi) is 4.96.